The van der Waals surface area contributed by atoms with Crippen LogP contribution in [0.25, 0.3) is 0 Å². The number of nitrogens with zero attached hydrogens (tertiary/aromatic N) is 2. The summed E-state index contributed by atoms with van der Waals surface area (Å²) in [6.45, 7) is 5.93. The first-order valence-corrected chi connectivity index (χ1v) is 7.80. The Morgan fingerprint density at radius 3 is 2.65 bits per heavy atom. The third-order valence-electron chi connectivity index (χ3n) is 4.64. The highest BCUT2D eigenvalue weighted by Crippen LogP contribution is 2.21. The number of rotatable bonds is 6. The summed E-state index contributed by atoms with van der Waals surface area (Å²) in [6, 6.07) is 9.08. The Morgan fingerprint density at radius 2 is 2.05 bits per heavy atom. The fourth-order valence-electron chi connectivity index (χ4n) is 3.07. The SMILES string of the molecule is CC(CCN(C)CC1CCCN1C)c1ccc(N)cc1. The summed E-state index contributed by atoms with van der Waals surface area (Å²) < 4.78 is 0. The molecule has 1 saturated heterocycles. The lowest BCUT2D eigenvalue weighted by Crippen LogP contribution is -2.37. The van der Waals surface area contributed by atoms with Gasteiger partial charge in [-0.1, -0.05) is 19.1 Å². The number of benzene rings is 1. The van der Waals surface area contributed by atoms with Crippen LogP contribution in [-0.4, -0.2) is 49.6 Å². The number of likely N-dealkylation sites (N-methyl/N-ethyl adjacent to an activating group) is 2. The van der Waals surface area contributed by atoms with Crippen LogP contribution >= 0.6 is 0 Å². The first kappa shape index (κ1) is 15.3. The van der Waals surface area contributed by atoms with Crippen LogP contribution in [0.2, 0.25) is 0 Å². The van der Waals surface area contributed by atoms with Crippen molar-refractivity contribution >= 4 is 5.69 Å². The monoisotopic (exact) mass is 275 g/mol. The summed E-state index contributed by atoms with van der Waals surface area (Å²) in [7, 11) is 4.50. The van der Waals surface area contributed by atoms with Gasteiger partial charge in [-0.15, -0.1) is 0 Å². The molecule has 2 atom stereocenters. The summed E-state index contributed by atoms with van der Waals surface area (Å²) in [5.74, 6) is 0.597. The van der Waals surface area contributed by atoms with Crippen molar-refractivity contribution in [2.75, 3.05) is 39.5 Å². The standard InChI is InChI=1S/C17H29N3/c1-14(15-6-8-16(18)9-7-15)10-12-19(2)13-17-5-4-11-20(17)3/h6-9,14,17H,4-5,10-13,18H2,1-3H3. The normalized spacial score (nSPS) is 21.5. The molecule has 1 aliphatic heterocycles. The molecule has 1 aliphatic rings. The second kappa shape index (κ2) is 7.09. The Labute approximate surface area is 123 Å². The van der Waals surface area contributed by atoms with Crippen molar-refractivity contribution < 1.29 is 0 Å². The van der Waals surface area contributed by atoms with E-state index in [9.17, 15) is 0 Å². The van der Waals surface area contributed by atoms with Gasteiger partial charge in [-0.05, 0) is 70.1 Å². The topological polar surface area (TPSA) is 32.5 Å². The van der Waals surface area contributed by atoms with Crippen molar-refractivity contribution in [1.82, 2.24) is 9.80 Å². The highest BCUT2D eigenvalue weighted by Gasteiger charge is 2.22. The van der Waals surface area contributed by atoms with Gasteiger partial charge in [0.25, 0.3) is 0 Å². The summed E-state index contributed by atoms with van der Waals surface area (Å²) in [5, 5.41) is 0. The maximum absolute atomic E-state index is 5.74. The van der Waals surface area contributed by atoms with Crippen molar-refractivity contribution in [2.45, 2.75) is 38.1 Å². The van der Waals surface area contributed by atoms with Crippen molar-refractivity contribution in [3.05, 3.63) is 29.8 Å². The molecule has 1 fully saturated rings. The Balaban J connectivity index is 1.75. The quantitative estimate of drug-likeness (QED) is 0.810. The van der Waals surface area contributed by atoms with E-state index in [1.54, 1.807) is 0 Å². The van der Waals surface area contributed by atoms with Gasteiger partial charge in [0, 0.05) is 18.3 Å². The fraction of sp³-hybridized carbons (Fsp3) is 0.647. The molecule has 0 aliphatic carbocycles. The van der Waals surface area contributed by atoms with Gasteiger partial charge in [-0.3, -0.25) is 0 Å². The molecule has 0 aromatic heterocycles. The van der Waals surface area contributed by atoms with E-state index in [2.05, 4.69) is 43.0 Å². The number of likely N-dealkylation sites (tertiary alicyclic amines) is 1. The van der Waals surface area contributed by atoms with Crippen LogP contribution < -0.4 is 5.73 Å². The lowest BCUT2D eigenvalue weighted by molar-refractivity contribution is 0.216. The maximum atomic E-state index is 5.74. The molecule has 0 bridgehead atoms. The second-order valence-electron chi connectivity index (χ2n) is 6.40. The number of hydrogen-bond acceptors (Lipinski definition) is 3. The van der Waals surface area contributed by atoms with Crippen LogP contribution in [0, 0.1) is 0 Å². The average molecular weight is 275 g/mol. The molecule has 20 heavy (non-hydrogen) atoms. The molecule has 2 rings (SSSR count). The lowest BCUT2D eigenvalue weighted by atomic mass is 9.97. The fourth-order valence-corrected chi connectivity index (χ4v) is 3.07. The number of hydrogen-bond donors (Lipinski definition) is 1. The van der Waals surface area contributed by atoms with Gasteiger partial charge in [0.05, 0.1) is 0 Å². The highest BCUT2D eigenvalue weighted by atomic mass is 15.2. The molecule has 1 aromatic carbocycles. The van der Waals surface area contributed by atoms with E-state index in [0.29, 0.717) is 5.92 Å². The van der Waals surface area contributed by atoms with E-state index in [0.717, 1.165) is 18.3 Å². The molecule has 0 spiro atoms. The van der Waals surface area contributed by atoms with Gasteiger partial charge in [0.1, 0.15) is 0 Å². The van der Waals surface area contributed by atoms with Crippen LogP contribution in [-0.2, 0) is 0 Å². The molecule has 0 saturated carbocycles. The zero-order valence-corrected chi connectivity index (χ0v) is 13.2. The minimum Gasteiger partial charge on any atom is -0.399 e. The molecule has 1 aromatic rings. The zero-order valence-electron chi connectivity index (χ0n) is 13.2. The Morgan fingerprint density at radius 1 is 1.35 bits per heavy atom. The van der Waals surface area contributed by atoms with Crippen molar-refractivity contribution in [2.24, 2.45) is 0 Å². The molecule has 3 nitrogen and oxygen atoms in total. The van der Waals surface area contributed by atoms with Gasteiger partial charge in [0.15, 0.2) is 0 Å². The molecule has 0 radical (unpaired) electrons. The van der Waals surface area contributed by atoms with Crippen molar-refractivity contribution in [3.63, 3.8) is 0 Å². The van der Waals surface area contributed by atoms with E-state index in [1.807, 2.05) is 12.1 Å². The summed E-state index contributed by atoms with van der Waals surface area (Å²) in [5.41, 5.74) is 7.98. The third kappa shape index (κ3) is 4.22. The Hall–Kier alpha value is -1.06. The average Bonchev–Trinajstić information content (AvgIpc) is 2.82. The van der Waals surface area contributed by atoms with E-state index < -0.39 is 0 Å². The number of anilines is 1. The summed E-state index contributed by atoms with van der Waals surface area (Å²) in [6.07, 6.45) is 3.92. The molecule has 2 unspecified atom stereocenters. The van der Waals surface area contributed by atoms with Crippen LogP contribution in [0.4, 0.5) is 5.69 Å². The van der Waals surface area contributed by atoms with Crippen molar-refractivity contribution in [1.29, 1.82) is 0 Å². The molecule has 112 valence electrons. The predicted molar refractivity (Wildman–Crippen MR) is 87.0 cm³/mol. The Bertz CT molecular complexity index is 401. The largest absolute Gasteiger partial charge is 0.399 e. The minimum atomic E-state index is 0.597. The molecule has 2 N–H and O–H groups in total. The van der Waals surface area contributed by atoms with Gasteiger partial charge < -0.3 is 15.5 Å². The van der Waals surface area contributed by atoms with Crippen LogP contribution in [0.1, 0.15) is 37.7 Å². The van der Waals surface area contributed by atoms with Gasteiger partial charge in [0.2, 0.25) is 0 Å². The smallest absolute Gasteiger partial charge is 0.0314 e. The lowest BCUT2D eigenvalue weighted by Gasteiger charge is -2.26. The van der Waals surface area contributed by atoms with E-state index >= 15 is 0 Å². The Kier molecular flexibility index (Phi) is 5.44. The molecular formula is C17H29N3. The second-order valence-corrected chi connectivity index (χ2v) is 6.40. The van der Waals surface area contributed by atoms with Crippen LogP contribution in [0.5, 0.6) is 0 Å². The molecule has 0 amide bonds. The van der Waals surface area contributed by atoms with Gasteiger partial charge >= 0.3 is 0 Å². The van der Waals surface area contributed by atoms with Crippen molar-refractivity contribution in [3.8, 4) is 0 Å². The van der Waals surface area contributed by atoms with Crippen LogP contribution in [0.15, 0.2) is 24.3 Å². The van der Waals surface area contributed by atoms with Gasteiger partial charge in [-0.2, -0.15) is 0 Å². The first-order chi connectivity index (χ1) is 9.56. The summed E-state index contributed by atoms with van der Waals surface area (Å²) in [4.78, 5) is 4.99. The molecule has 1 heterocycles. The van der Waals surface area contributed by atoms with E-state index in [4.69, 9.17) is 5.73 Å². The molecule has 3 heteroatoms. The molecular weight excluding hydrogens is 246 g/mol. The minimum absolute atomic E-state index is 0.597. The number of nitrogen functional groups attached to an aromatic ring is 1. The zero-order chi connectivity index (χ0) is 14.5. The van der Waals surface area contributed by atoms with E-state index in [-0.39, 0.29) is 0 Å². The highest BCUT2D eigenvalue weighted by molar-refractivity contribution is 5.40. The predicted octanol–water partition coefficient (Wildman–Crippen LogP) is 2.79. The van der Waals surface area contributed by atoms with Gasteiger partial charge in [-0.25, -0.2) is 0 Å². The third-order valence-corrected chi connectivity index (χ3v) is 4.64. The maximum Gasteiger partial charge on any atom is 0.0314 e. The van der Waals surface area contributed by atoms with Crippen LogP contribution in [0.3, 0.4) is 0 Å². The first-order valence-electron chi connectivity index (χ1n) is 7.80. The van der Waals surface area contributed by atoms with E-state index in [1.165, 1.54) is 37.9 Å². The summed E-state index contributed by atoms with van der Waals surface area (Å²) >= 11 is 0. The number of nitrogens with two attached hydrogens (primary N) is 1.